The summed E-state index contributed by atoms with van der Waals surface area (Å²) < 4.78 is 5.13. The Labute approximate surface area is 131 Å². The summed E-state index contributed by atoms with van der Waals surface area (Å²) in [6.07, 6.45) is -0.0469. The van der Waals surface area contributed by atoms with E-state index in [0.717, 1.165) is 0 Å². The molecule has 0 bridgehead atoms. The van der Waals surface area contributed by atoms with Crippen LogP contribution in [0.25, 0.3) is 0 Å². The zero-order chi connectivity index (χ0) is 15.6. The van der Waals surface area contributed by atoms with Crippen molar-refractivity contribution in [1.82, 2.24) is 4.90 Å². The number of carbonyl (C=O) groups excluding carboxylic acids is 1. The summed E-state index contributed by atoms with van der Waals surface area (Å²) in [5, 5.41) is 12.5. The van der Waals surface area contributed by atoms with Crippen molar-refractivity contribution >= 4 is 40.9 Å². The molecule has 6 nitrogen and oxygen atoms in total. The molecule has 2 unspecified atom stereocenters. The van der Waals surface area contributed by atoms with E-state index in [1.165, 1.54) is 18.1 Å². The van der Waals surface area contributed by atoms with Gasteiger partial charge >= 0.3 is 12.0 Å². The maximum absolute atomic E-state index is 12.2. The van der Waals surface area contributed by atoms with Crippen LogP contribution in [-0.4, -0.2) is 47.8 Å². The predicted octanol–water partition coefficient (Wildman–Crippen LogP) is 2.70. The van der Waals surface area contributed by atoms with E-state index < -0.39 is 18.0 Å². The fourth-order valence-electron chi connectivity index (χ4n) is 2.21. The molecule has 2 rings (SSSR count). The Morgan fingerprint density at radius 2 is 2.14 bits per heavy atom. The van der Waals surface area contributed by atoms with E-state index in [2.05, 4.69) is 5.32 Å². The molecule has 2 N–H and O–H groups in total. The Hall–Kier alpha value is -1.50. The van der Waals surface area contributed by atoms with Crippen molar-refractivity contribution in [3.8, 4) is 0 Å². The van der Waals surface area contributed by atoms with Crippen molar-refractivity contribution in [2.45, 2.75) is 18.6 Å². The number of anilines is 1. The third-order valence-electron chi connectivity index (χ3n) is 3.31. The fraction of sp³-hybridized carbons (Fsp3) is 0.385. The Balaban J connectivity index is 2.15. The van der Waals surface area contributed by atoms with E-state index in [4.69, 9.17) is 27.9 Å². The first-order chi connectivity index (χ1) is 9.92. The highest BCUT2D eigenvalue weighted by Crippen LogP contribution is 2.27. The quantitative estimate of drug-likeness (QED) is 0.891. The molecular weight excluding hydrogens is 319 g/mol. The van der Waals surface area contributed by atoms with E-state index in [-0.39, 0.29) is 19.1 Å². The van der Waals surface area contributed by atoms with Crippen molar-refractivity contribution in [2.24, 2.45) is 0 Å². The Kier molecular flexibility index (Phi) is 4.92. The molecule has 1 fully saturated rings. The highest BCUT2D eigenvalue weighted by molar-refractivity contribution is 6.35. The van der Waals surface area contributed by atoms with Crippen LogP contribution in [0.1, 0.15) is 6.42 Å². The Morgan fingerprint density at radius 1 is 1.43 bits per heavy atom. The Bertz CT molecular complexity index is 567. The van der Waals surface area contributed by atoms with Crippen LogP contribution >= 0.6 is 23.2 Å². The number of carboxylic acids is 1. The van der Waals surface area contributed by atoms with Crippen molar-refractivity contribution in [3.05, 3.63) is 28.2 Å². The number of urea groups is 1. The number of aliphatic carboxylic acids is 1. The van der Waals surface area contributed by atoms with Gasteiger partial charge in [0, 0.05) is 25.1 Å². The lowest BCUT2D eigenvalue weighted by Gasteiger charge is -2.22. The smallest absolute Gasteiger partial charge is 0.326 e. The number of amides is 2. The SMILES string of the molecule is COC1CC(C(=O)O)N(C(=O)Nc2cc(Cl)ccc2Cl)C1. The average molecular weight is 333 g/mol. The molecule has 0 aromatic heterocycles. The van der Waals surface area contributed by atoms with Crippen LogP contribution in [0.5, 0.6) is 0 Å². The van der Waals surface area contributed by atoms with Crippen LogP contribution in [0.15, 0.2) is 18.2 Å². The summed E-state index contributed by atoms with van der Waals surface area (Å²) in [7, 11) is 1.48. The zero-order valence-electron chi connectivity index (χ0n) is 11.2. The van der Waals surface area contributed by atoms with Crippen LogP contribution in [0, 0.1) is 0 Å². The van der Waals surface area contributed by atoms with Crippen LogP contribution in [0.2, 0.25) is 10.0 Å². The van der Waals surface area contributed by atoms with Gasteiger partial charge in [-0.3, -0.25) is 0 Å². The number of carboxylic acid groups (broad SMARTS) is 1. The first kappa shape index (κ1) is 15.9. The molecule has 1 aromatic rings. The second-order valence-corrected chi connectivity index (χ2v) is 5.50. The number of rotatable bonds is 3. The van der Waals surface area contributed by atoms with E-state index in [1.54, 1.807) is 12.1 Å². The summed E-state index contributed by atoms with van der Waals surface area (Å²) in [6, 6.07) is 3.17. The van der Waals surface area contributed by atoms with Gasteiger partial charge in [-0.1, -0.05) is 23.2 Å². The largest absolute Gasteiger partial charge is 0.480 e. The van der Waals surface area contributed by atoms with E-state index in [1.807, 2.05) is 0 Å². The fourth-order valence-corrected chi connectivity index (χ4v) is 2.54. The van der Waals surface area contributed by atoms with Crippen LogP contribution in [0.4, 0.5) is 10.5 Å². The molecule has 0 aliphatic carbocycles. The highest BCUT2D eigenvalue weighted by Gasteiger charge is 2.40. The van der Waals surface area contributed by atoms with Crippen molar-refractivity contribution in [2.75, 3.05) is 19.0 Å². The number of carbonyl (C=O) groups is 2. The number of nitrogens with one attached hydrogen (secondary N) is 1. The zero-order valence-corrected chi connectivity index (χ0v) is 12.7. The number of likely N-dealkylation sites (tertiary alicyclic amines) is 1. The van der Waals surface area contributed by atoms with Gasteiger partial charge < -0.3 is 20.1 Å². The second-order valence-electron chi connectivity index (χ2n) is 4.65. The van der Waals surface area contributed by atoms with E-state index >= 15 is 0 Å². The molecule has 1 aromatic carbocycles. The van der Waals surface area contributed by atoms with E-state index in [0.29, 0.717) is 15.7 Å². The summed E-state index contributed by atoms with van der Waals surface area (Å²) in [5.41, 5.74) is 0.333. The lowest BCUT2D eigenvalue weighted by atomic mass is 10.2. The molecule has 1 heterocycles. The Morgan fingerprint density at radius 3 is 2.76 bits per heavy atom. The van der Waals surface area contributed by atoms with Crippen molar-refractivity contribution in [1.29, 1.82) is 0 Å². The molecule has 1 aliphatic rings. The topological polar surface area (TPSA) is 78.9 Å². The monoisotopic (exact) mass is 332 g/mol. The molecule has 114 valence electrons. The number of hydrogen-bond acceptors (Lipinski definition) is 3. The van der Waals surface area contributed by atoms with Crippen LogP contribution < -0.4 is 5.32 Å². The summed E-state index contributed by atoms with van der Waals surface area (Å²) >= 11 is 11.8. The minimum Gasteiger partial charge on any atom is -0.480 e. The van der Waals surface area contributed by atoms with Gasteiger partial charge in [-0.15, -0.1) is 0 Å². The van der Waals surface area contributed by atoms with Crippen LogP contribution in [0.3, 0.4) is 0 Å². The van der Waals surface area contributed by atoms with Gasteiger partial charge in [-0.05, 0) is 18.2 Å². The van der Waals surface area contributed by atoms with E-state index in [9.17, 15) is 14.7 Å². The van der Waals surface area contributed by atoms with Gasteiger partial charge in [0.15, 0.2) is 0 Å². The van der Waals surface area contributed by atoms with Crippen molar-refractivity contribution < 1.29 is 19.4 Å². The number of hydrogen-bond donors (Lipinski definition) is 2. The number of ether oxygens (including phenoxy) is 1. The molecule has 0 saturated carbocycles. The predicted molar refractivity (Wildman–Crippen MR) is 79.0 cm³/mol. The third kappa shape index (κ3) is 3.58. The standard InChI is InChI=1S/C13H14Cl2N2O4/c1-21-8-5-11(12(18)19)17(6-8)13(20)16-10-4-7(14)2-3-9(10)15/h2-4,8,11H,5-6H2,1H3,(H,16,20)(H,18,19). The first-order valence-electron chi connectivity index (χ1n) is 6.20. The molecule has 1 aliphatic heterocycles. The molecule has 21 heavy (non-hydrogen) atoms. The van der Waals surface area contributed by atoms with Gasteiger partial charge in [0.25, 0.3) is 0 Å². The maximum Gasteiger partial charge on any atom is 0.326 e. The number of halogens is 2. The number of nitrogens with zero attached hydrogens (tertiary/aromatic N) is 1. The van der Waals surface area contributed by atoms with Crippen LogP contribution in [-0.2, 0) is 9.53 Å². The number of benzene rings is 1. The van der Waals surface area contributed by atoms with Gasteiger partial charge in [-0.25, -0.2) is 9.59 Å². The van der Waals surface area contributed by atoms with Gasteiger partial charge in [-0.2, -0.15) is 0 Å². The average Bonchev–Trinajstić information content (AvgIpc) is 2.87. The maximum atomic E-state index is 12.2. The molecule has 8 heteroatoms. The second kappa shape index (κ2) is 6.51. The number of methoxy groups -OCH3 is 1. The lowest BCUT2D eigenvalue weighted by Crippen LogP contribution is -2.43. The minimum atomic E-state index is -1.07. The van der Waals surface area contributed by atoms with Gasteiger partial charge in [0.1, 0.15) is 6.04 Å². The van der Waals surface area contributed by atoms with Gasteiger partial charge in [0.2, 0.25) is 0 Å². The van der Waals surface area contributed by atoms with Gasteiger partial charge in [0.05, 0.1) is 16.8 Å². The molecule has 2 amide bonds. The minimum absolute atomic E-state index is 0.206. The molecular formula is C13H14Cl2N2O4. The highest BCUT2D eigenvalue weighted by atomic mass is 35.5. The lowest BCUT2D eigenvalue weighted by molar-refractivity contribution is -0.141. The summed E-state index contributed by atoms with van der Waals surface area (Å²) in [6.45, 7) is 0.206. The molecule has 1 saturated heterocycles. The van der Waals surface area contributed by atoms with Crippen molar-refractivity contribution in [3.63, 3.8) is 0 Å². The summed E-state index contributed by atoms with van der Waals surface area (Å²) in [5.74, 6) is -1.07. The molecule has 0 radical (unpaired) electrons. The summed E-state index contributed by atoms with van der Waals surface area (Å²) in [4.78, 5) is 24.7. The third-order valence-corrected chi connectivity index (χ3v) is 3.88. The molecule has 2 atom stereocenters. The normalized spacial score (nSPS) is 21.4. The first-order valence-corrected chi connectivity index (χ1v) is 6.96. The molecule has 0 spiro atoms.